The molecule has 0 amide bonds. The highest BCUT2D eigenvalue weighted by molar-refractivity contribution is 5.72. The molecule has 2 heteroatoms. The summed E-state index contributed by atoms with van der Waals surface area (Å²) < 4.78 is 0. The van der Waals surface area contributed by atoms with E-state index in [-0.39, 0.29) is 5.92 Å². The number of hydrogen-bond acceptors (Lipinski definition) is 1. The summed E-state index contributed by atoms with van der Waals surface area (Å²) >= 11 is 0. The fourth-order valence-corrected chi connectivity index (χ4v) is 2.48. The molecule has 1 N–H and O–H groups in total. The van der Waals surface area contributed by atoms with E-state index in [1.165, 1.54) is 0 Å². The number of rotatable bonds is 1. The van der Waals surface area contributed by atoms with E-state index in [4.69, 9.17) is 5.11 Å². The van der Waals surface area contributed by atoms with E-state index < -0.39 is 5.97 Å². The second-order valence-corrected chi connectivity index (χ2v) is 3.67. The van der Waals surface area contributed by atoms with Crippen molar-refractivity contribution in [3.63, 3.8) is 0 Å². The zero-order valence-electron chi connectivity index (χ0n) is 6.53. The third-order valence-electron chi connectivity index (χ3n) is 3.14. The van der Waals surface area contributed by atoms with Gasteiger partial charge in [0.1, 0.15) is 0 Å². The Bertz CT molecular complexity index is 220. The topological polar surface area (TPSA) is 37.3 Å². The van der Waals surface area contributed by atoms with E-state index in [0.29, 0.717) is 17.8 Å². The first-order valence-electron chi connectivity index (χ1n) is 4.11. The molecule has 2 aliphatic carbocycles. The number of carboxylic acids is 1. The molecule has 0 spiro atoms. The van der Waals surface area contributed by atoms with Crippen LogP contribution in [0.2, 0.25) is 0 Å². The van der Waals surface area contributed by atoms with Crippen LogP contribution in [0.15, 0.2) is 12.2 Å². The molecule has 1 saturated carbocycles. The van der Waals surface area contributed by atoms with E-state index in [9.17, 15) is 4.79 Å². The van der Waals surface area contributed by atoms with E-state index in [2.05, 4.69) is 12.2 Å². The lowest BCUT2D eigenvalue weighted by atomic mass is 9.85. The molecule has 2 bridgehead atoms. The third-order valence-corrected chi connectivity index (χ3v) is 3.14. The van der Waals surface area contributed by atoms with Crippen LogP contribution in [0.3, 0.4) is 0 Å². The average molecular weight is 152 g/mol. The molecule has 0 radical (unpaired) electrons. The monoisotopic (exact) mass is 152 g/mol. The van der Waals surface area contributed by atoms with Crippen molar-refractivity contribution in [2.75, 3.05) is 0 Å². The summed E-state index contributed by atoms with van der Waals surface area (Å²) in [5.74, 6) is 0.496. The number of carboxylic acid groups (broad SMARTS) is 1. The number of carbonyl (C=O) groups is 1. The van der Waals surface area contributed by atoms with Gasteiger partial charge in [-0.3, -0.25) is 4.79 Å². The summed E-state index contributed by atoms with van der Waals surface area (Å²) in [7, 11) is 0. The molecule has 1 fully saturated rings. The minimum atomic E-state index is -0.616. The summed E-state index contributed by atoms with van der Waals surface area (Å²) in [4.78, 5) is 10.8. The Kier molecular flexibility index (Phi) is 1.31. The Morgan fingerprint density at radius 3 is 2.45 bits per heavy atom. The Morgan fingerprint density at radius 1 is 1.45 bits per heavy atom. The first kappa shape index (κ1) is 6.89. The maximum atomic E-state index is 10.8. The van der Waals surface area contributed by atoms with Gasteiger partial charge in [0, 0.05) is 0 Å². The normalized spacial score (nSPS) is 46.6. The fraction of sp³-hybridized carbons (Fsp3) is 0.667. The van der Waals surface area contributed by atoms with Gasteiger partial charge in [-0.05, 0) is 24.2 Å². The number of aliphatic carboxylic acids is 1. The van der Waals surface area contributed by atoms with Crippen molar-refractivity contribution in [3.05, 3.63) is 12.2 Å². The molecule has 0 aromatic rings. The summed E-state index contributed by atoms with van der Waals surface area (Å²) in [6.07, 6.45) is 5.32. The lowest BCUT2D eigenvalue weighted by molar-refractivity contribution is -0.144. The Hall–Kier alpha value is -0.790. The molecule has 0 saturated heterocycles. The number of fused-ring (bicyclic) bond motifs is 2. The highest BCUT2D eigenvalue weighted by Gasteiger charge is 2.45. The second kappa shape index (κ2) is 2.10. The lowest BCUT2D eigenvalue weighted by Crippen LogP contribution is -2.25. The van der Waals surface area contributed by atoms with Crippen molar-refractivity contribution in [2.24, 2.45) is 23.7 Å². The van der Waals surface area contributed by atoms with Gasteiger partial charge in [0.25, 0.3) is 0 Å². The molecule has 0 aromatic carbocycles. The van der Waals surface area contributed by atoms with Crippen molar-refractivity contribution in [1.29, 1.82) is 0 Å². The Morgan fingerprint density at radius 2 is 2.09 bits per heavy atom. The molecule has 11 heavy (non-hydrogen) atoms. The standard InChI is InChI=1S/C9H12O2/c1-5-6-2-3-7(4-6)8(5)9(10)11/h2-3,5-8H,4H2,1H3,(H,10,11)/t5-,6+,7+,8-/m1/s1. The molecular formula is C9H12O2. The minimum absolute atomic E-state index is 0.106. The van der Waals surface area contributed by atoms with Crippen LogP contribution in [0.1, 0.15) is 13.3 Å². The maximum absolute atomic E-state index is 10.8. The van der Waals surface area contributed by atoms with E-state index >= 15 is 0 Å². The summed E-state index contributed by atoms with van der Waals surface area (Å²) in [6, 6.07) is 0. The summed E-state index contributed by atoms with van der Waals surface area (Å²) in [5.41, 5.74) is 0. The van der Waals surface area contributed by atoms with Gasteiger partial charge in [0.05, 0.1) is 5.92 Å². The molecular weight excluding hydrogens is 140 g/mol. The molecule has 0 unspecified atom stereocenters. The number of allylic oxidation sites excluding steroid dienone is 2. The molecule has 2 rings (SSSR count). The van der Waals surface area contributed by atoms with Gasteiger partial charge < -0.3 is 5.11 Å². The second-order valence-electron chi connectivity index (χ2n) is 3.67. The number of hydrogen-bond donors (Lipinski definition) is 1. The molecule has 2 nitrogen and oxygen atoms in total. The Labute approximate surface area is 65.9 Å². The summed E-state index contributed by atoms with van der Waals surface area (Å²) in [5, 5.41) is 8.87. The average Bonchev–Trinajstić information content (AvgIpc) is 2.44. The molecule has 0 aliphatic heterocycles. The van der Waals surface area contributed by atoms with Crippen LogP contribution in [0.4, 0.5) is 0 Å². The van der Waals surface area contributed by atoms with Crippen LogP contribution in [0.5, 0.6) is 0 Å². The van der Waals surface area contributed by atoms with Gasteiger partial charge in [-0.15, -0.1) is 0 Å². The molecule has 2 aliphatic rings. The zero-order chi connectivity index (χ0) is 8.01. The first-order valence-corrected chi connectivity index (χ1v) is 4.11. The van der Waals surface area contributed by atoms with Crippen LogP contribution in [-0.4, -0.2) is 11.1 Å². The lowest BCUT2D eigenvalue weighted by Gasteiger charge is -2.19. The summed E-state index contributed by atoms with van der Waals surface area (Å²) in [6.45, 7) is 2.05. The van der Waals surface area contributed by atoms with Crippen LogP contribution < -0.4 is 0 Å². The first-order chi connectivity index (χ1) is 5.20. The van der Waals surface area contributed by atoms with Crippen LogP contribution in [0, 0.1) is 23.7 Å². The van der Waals surface area contributed by atoms with E-state index in [1.807, 2.05) is 6.92 Å². The van der Waals surface area contributed by atoms with Crippen molar-refractivity contribution < 1.29 is 9.90 Å². The predicted molar refractivity (Wildman–Crippen MR) is 41.0 cm³/mol. The van der Waals surface area contributed by atoms with Gasteiger partial charge in [0.15, 0.2) is 0 Å². The quantitative estimate of drug-likeness (QED) is 0.578. The van der Waals surface area contributed by atoms with Crippen LogP contribution >= 0.6 is 0 Å². The van der Waals surface area contributed by atoms with Crippen LogP contribution in [-0.2, 0) is 4.79 Å². The molecule has 0 aromatic heterocycles. The molecule has 0 heterocycles. The van der Waals surface area contributed by atoms with Crippen molar-refractivity contribution in [3.8, 4) is 0 Å². The zero-order valence-corrected chi connectivity index (χ0v) is 6.53. The molecule has 4 atom stereocenters. The molecule has 60 valence electrons. The highest BCUT2D eigenvalue weighted by atomic mass is 16.4. The van der Waals surface area contributed by atoms with Crippen molar-refractivity contribution in [1.82, 2.24) is 0 Å². The van der Waals surface area contributed by atoms with Gasteiger partial charge in [0.2, 0.25) is 0 Å². The van der Waals surface area contributed by atoms with Gasteiger partial charge in [-0.2, -0.15) is 0 Å². The minimum Gasteiger partial charge on any atom is -0.481 e. The smallest absolute Gasteiger partial charge is 0.307 e. The van der Waals surface area contributed by atoms with Crippen molar-refractivity contribution in [2.45, 2.75) is 13.3 Å². The predicted octanol–water partition coefficient (Wildman–Crippen LogP) is 1.53. The van der Waals surface area contributed by atoms with Crippen LogP contribution in [0.25, 0.3) is 0 Å². The SMILES string of the molecule is C[C@H]1[C@@H](C(=O)O)[C@H]2C=C[C@H]1C2. The maximum Gasteiger partial charge on any atom is 0.307 e. The fourth-order valence-electron chi connectivity index (χ4n) is 2.48. The van der Waals surface area contributed by atoms with E-state index in [0.717, 1.165) is 6.42 Å². The van der Waals surface area contributed by atoms with E-state index in [1.54, 1.807) is 0 Å². The van der Waals surface area contributed by atoms with Crippen molar-refractivity contribution >= 4 is 5.97 Å². The van der Waals surface area contributed by atoms with Gasteiger partial charge in [-0.25, -0.2) is 0 Å². The largest absolute Gasteiger partial charge is 0.481 e. The highest BCUT2D eigenvalue weighted by Crippen LogP contribution is 2.47. The van der Waals surface area contributed by atoms with Gasteiger partial charge >= 0.3 is 5.97 Å². The Balaban J connectivity index is 2.25. The third kappa shape index (κ3) is 0.817. The van der Waals surface area contributed by atoms with Gasteiger partial charge in [-0.1, -0.05) is 19.1 Å².